The first-order valence-electron chi connectivity index (χ1n) is 10.9. The largest absolute Gasteiger partial charge is 0.462 e. The minimum atomic E-state index is -0.249. The second-order valence-electron chi connectivity index (χ2n) is 9.35. The Morgan fingerprint density at radius 3 is 2.43 bits per heavy atom. The number of rotatable bonds is 5. The summed E-state index contributed by atoms with van der Waals surface area (Å²) >= 11 is 0. The van der Waals surface area contributed by atoms with Gasteiger partial charge < -0.3 is 10.1 Å². The van der Waals surface area contributed by atoms with Crippen molar-refractivity contribution < 1.29 is 9.53 Å². The first kappa shape index (κ1) is 18.1. The van der Waals surface area contributed by atoms with Gasteiger partial charge in [-0.1, -0.05) is 18.2 Å². The van der Waals surface area contributed by atoms with Crippen molar-refractivity contribution >= 4 is 16.9 Å². The Hall–Kier alpha value is -1.94. The zero-order chi connectivity index (χ0) is 19.3. The summed E-state index contributed by atoms with van der Waals surface area (Å²) in [6.07, 6.45) is 8.17. The predicted molar refractivity (Wildman–Crippen MR) is 110 cm³/mol. The average Bonchev–Trinajstić information content (AvgIpc) is 2.65. The summed E-state index contributed by atoms with van der Waals surface area (Å²) in [5.41, 5.74) is 3.67. The maximum atomic E-state index is 12.8. The lowest BCUT2D eigenvalue weighted by atomic mass is 9.53. The van der Waals surface area contributed by atoms with E-state index in [2.05, 4.69) is 5.32 Å². The summed E-state index contributed by atoms with van der Waals surface area (Å²) in [6.45, 7) is 4.90. The minimum Gasteiger partial charge on any atom is -0.462 e. The third-order valence-corrected chi connectivity index (χ3v) is 7.38. The number of aryl methyl sites for hydroxylation is 1. The summed E-state index contributed by atoms with van der Waals surface area (Å²) in [5, 5.41) is 4.93. The number of hydrogen-bond acceptors (Lipinski definition) is 4. The molecule has 2 aromatic rings. The fourth-order valence-corrected chi connectivity index (χ4v) is 6.64. The molecule has 0 amide bonds. The molecule has 1 aromatic heterocycles. The Bertz CT molecular complexity index is 885. The van der Waals surface area contributed by atoms with Gasteiger partial charge in [0.1, 0.15) is 0 Å². The van der Waals surface area contributed by atoms with Crippen molar-refractivity contribution in [2.45, 2.75) is 64.5 Å². The number of benzene rings is 1. The number of fused-ring (bicyclic) bond motifs is 1. The van der Waals surface area contributed by atoms with Gasteiger partial charge in [-0.2, -0.15) is 0 Å². The van der Waals surface area contributed by atoms with Gasteiger partial charge in [0.25, 0.3) is 0 Å². The van der Waals surface area contributed by atoms with E-state index in [4.69, 9.17) is 9.72 Å². The number of carbonyl (C=O) groups is 1. The van der Waals surface area contributed by atoms with Crippen LogP contribution in [0.1, 0.15) is 67.1 Å². The molecule has 0 unspecified atom stereocenters. The molecule has 0 saturated heterocycles. The standard InChI is InChI=1S/C24H30N2O2/c1-3-28-23(27)22-15(2)19-6-4-5-7-20(19)26-21(22)14-25-24-11-16-8-17(12-24)10-18(9-16)13-24/h4-7,16-18,25H,3,8-14H2,1-2H3. The number of ether oxygens (including phenoxy) is 1. The summed E-state index contributed by atoms with van der Waals surface area (Å²) in [6, 6.07) is 8.08. The zero-order valence-electron chi connectivity index (χ0n) is 17.0. The molecule has 0 spiro atoms. The molecule has 4 aliphatic rings. The first-order valence-corrected chi connectivity index (χ1v) is 10.9. The van der Waals surface area contributed by atoms with E-state index in [0.717, 1.165) is 39.9 Å². The van der Waals surface area contributed by atoms with E-state index in [1.807, 2.05) is 38.1 Å². The molecule has 6 rings (SSSR count). The molecule has 4 aliphatic carbocycles. The molecule has 28 heavy (non-hydrogen) atoms. The number of nitrogens with zero attached hydrogens (tertiary/aromatic N) is 1. The number of nitrogens with one attached hydrogen (secondary N) is 1. The summed E-state index contributed by atoms with van der Waals surface area (Å²) in [7, 11) is 0. The second kappa shape index (κ2) is 6.84. The quantitative estimate of drug-likeness (QED) is 0.761. The second-order valence-corrected chi connectivity index (χ2v) is 9.35. The van der Waals surface area contributed by atoms with Crippen LogP contribution in [0.4, 0.5) is 0 Å². The van der Waals surface area contributed by atoms with Crippen LogP contribution in [-0.2, 0) is 11.3 Å². The number of para-hydroxylation sites is 1. The van der Waals surface area contributed by atoms with Gasteiger partial charge in [0.15, 0.2) is 0 Å². The van der Waals surface area contributed by atoms with Crippen LogP contribution in [-0.4, -0.2) is 23.1 Å². The number of hydrogen-bond donors (Lipinski definition) is 1. The highest BCUT2D eigenvalue weighted by Gasteiger charge is 2.50. The topological polar surface area (TPSA) is 51.2 Å². The first-order chi connectivity index (χ1) is 13.6. The molecule has 1 N–H and O–H groups in total. The van der Waals surface area contributed by atoms with E-state index in [-0.39, 0.29) is 11.5 Å². The van der Waals surface area contributed by atoms with Crippen molar-refractivity contribution in [1.29, 1.82) is 0 Å². The number of aromatic nitrogens is 1. The molecule has 1 aromatic carbocycles. The lowest BCUT2D eigenvalue weighted by Gasteiger charge is -2.57. The van der Waals surface area contributed by atoms with Gasteiger partial charge >= 0.3 is 5.97 Å². The maximum absolute atomic E-state index is 12.8. The molecule has 4 bridgehead atoms. The van der Waals surface area contributed by atoms with E-state index in [1.54, 1.807) is 0 Å². The summed E-state index contributed by atoms with van der Waals surface area (Å²) in [4.78, 5) is 17.7. The molecule has 4 nitrogen and oxygen atoms in total. The molecule has 0 radical (unpaired) electrons. The third-order valence-electron chi connectivity index (χ3n) is 7.38. The van der Waals surface area contributed by atoms with Crippen LogP contribution in [0.15, 0.2) is 24.3 Å². The molecule has 0 atom stereocenters. The molecule has 4 heteroatoms. The third kappa shape index (κ3) is 3.02. The summed E-state index contributed by atoms with van der Waals surface area (Å²) < 4.78 is 5.39. The van der Waals surface area contributed by atoms with Gasteiger partial charge in [0.05, 0.1) is 23.4 Å². The van der Waals surface area contributed by atoms with Crippen molar-refractivity contribution in [2.75, 3.05) is 6.61 Å². The van der Waals surface area contributed by atoms with E-state index in [1.165, 1.54) is 38.5 Å². The molecule has 148 valence electrons. The van der Waals surface area contributed by atoms with Gasteiger partial charge in [-0.25, -0.2) is 4.79 Å². The Balaban J connectivity index is 1.48. The highest BCUT2D eigenvalue weighted by atomic mass is 16.5. The normalized spacial score (nSPS) is 30.7. The van der Waals surface area contributed by atoms with Crippen LogP contribution in [0.3, 0.4) is 0 Å². The van der Waals surface area contributed by atoms with Crippen molar-refractivity contribution in [1.82, 2.24) is 10.3 Å². The highest BCUT2D eigenvalue weighted by molar-refractivity contribution is 5.98. The summed E-state index contributed by atoms with van der Waals surface area (Å²) in [5.74, 6) is 2.44. The smallest absolute Gasteiger partial charge is 0.340 e. The number of carbonyl (C=O) groups excluding carboxylic acids is 1. The molecule has 1 heterocycles. The van der Waals surface area contributed by atoms with Gasteiger partial charge in [-0.05, 0) is 81.8 Å². The molecule has 4 saturated carbocycles. The molecular formula is C24H30N2O2. The lowest BCUT2D eigenvalue weighted by molar-refractivity contribution is -0.0208. The SMILES string of the molecule is CCOC(=O)c1c(CNC23CC4CC(CC(C4)C2)C3)nc2ccccc2c1C. The Kier molecular flexibility index (Phi) is 4.42. The molecule has 0 aliphatic heterocycles. The maximum Gasteiger partial charge on any atom is 0.340 e. The predicted octanol–water partition coefficient (Wildman–Crippen LogP) is 4.78. The Morgan fingerprint density at radius 2 is 1.79 bits per heavy atom. The van der Waals surface area contributed by atoms with Crippen LogP contribution in [0.25, 0.3) is 10.9 Å². The van der Waals surface area contributed by atoms with Crippen molar-refractivity contribution in [3.05, 3.63) is 41.1 Å². The van der Waals surface area contributed by atoms with Crippen LogP contribution >= 0.6 is 0 Å². The molecular weight excluding hydrogens is 348 g/mol. The Morgan fingerprint density at radius 1 is 1.14 bits per heavy atom. The van der Waals surface area contributed by atoms with Gasteiger partial charge in [0, 0.05) is 17.5 Å². The van der Waals surface area contributed by atoms with Crippen molar-refractivity contribution in [2.24, 2.45) is 17.8 Å². The van der Waals surface area contributed by atoms with Crippen LogP contribution in [0.5, 0.6) is 0 Å². The average molecular weight is 379 g/mol. The Labute approximate surface area is 167 Å². The van der Waals surface area contributed by atoms with E-state index >= 15 is 0 Å². The van der Waals surface area contributed by atoms with Crippen molar-refractivity contribution in [3.63, 3.8) is 0 Å². The van der Waals surface area contributed by atoms with Gasteiger partial charge in [-0.3, -0.25) is 4.98 Å². The zero-order valence-corrected chi connectivity index (χ0v) is 17.0. The van der Waals surface area contributed by atoms with Gasteiger partial charge in [-0.15, -0.1) is 0 Å². The monoisotopic (exact) mass is 378 g/mol. The van der Waals surface area contributed by atoms with E-state index in [0.29, 0.717) is 18.7 Å². The van der Waals surface area contributed by atoms with Crippen LogP contribution in [0.2, 0.25) is 0 Å². The highest BCUT2D eigenvalue weighted by Crippen LogP contribution is 2.55. The van der Waals surface area contributed by atoms with Crippen LogP contribution in [0, 0.1) is 24.7 Å². The van der Waals surface area contributed by atoms with Crippen molar-refractivity contribution in [3.8, 4) is 0 Å². The minimum absolute atomic E-state index is 0.249. The van der Waals surface area contributed by atoms with E-state index < -0.39 is 0 Å². The van der Waals surface area contributed by atoms with Crippen LogP contribution < -0.4 is 5.32 Å². The number of esters is 1. The molecule has 4 fully saturated rings. The van der Waals surface area contributed by atoms with Gasteiger partial charge in [0.2, 0.25) is 0 Å². The fourth-order valence-electron chi connectivity index (χ4n) is 6.64. The lowest BCUT2D eigenvalue weighted by Crippen LogP contribution is -2.58. The van der Waals surface area contributed by atoms with E-state index in [9.17, 15) is 4.79 Å². The number of pyridine rings is 1. The fraction of sp³-hybridized carbons (Fsp3) is 0.583.